The summed E-state index contributed by atoms with van der Waals surface area (Å²) in [4.78, 5) is 26.5. The number of rotatable bonds is 6. The number of hydrogen-bond acceptors (Lipinski definition) is 3. The van der Waals surface area contributed by atoms with Crippen LogP contribution < -0.4 is 0 Å². The van der Waals surface area contributed by atoms with E-state index in [0.29, 0.717) is 6.42 Å². The minimum atomic E-state index is -0.737. The number of allylic oxidation sites excluding steroid dienone is 3. The predicted octanol–water partition coefficient (Wildman–Crippen LogP) is 4.85. The van der Waals surface area contributed by atoms with Gasteiger partial charge >= 0.3 is 0 Å². The summed E-state index contributed by atoms with van der Waals surface area (Å²) in [7, 11) is 0. The molecule has 0 N–H and O–H groups in total. The van der Waals surface area contributed by atoms with Crippen LogP contribution in [0.4, 0.5) is 0 Å². The average molecular weight is 372 g/mol. The summed E-state index contributed by atoms with van der Waals surface area (Å²) in [6.07, 6.45) is 3.69. The number of carbonyl (C=O) groups excluding carboxylic acids is 2. The van der Waals surface area contributed by atoms with E-state index in [1.807, 2.05) is 60.7 Å². The van der Waals surface area contributed by atoms with Crippen molar-refractivity contribution in [3.8, 4) is 0 Å². The van der Waals surface area contributed by atoms with Crippen LogP contribution in [-0.4, -0.2) is 11.6 Å². The molecular formula is C25H24O3. The molecule has 1 fully saturated rings. The summed E-state index contributed by atoms with van der Waals surface area (Å²) in [6, 6.07) is 19.7. The fourth-order valence-electron chi connectivity index (χ4n) is 5.17. The number of ether oxygens (including phenoxy) is 1. The molecule has 28 heavy (non-hydrogen) atoms. The molecule has 0 spiro atoms. The van der Waals surface area contributed by atoms with Crippen LogP contribution >= 0.6 is 0 Å². The second-order valence-electron chi connectivity index (χ2n) is 7.77. The van der Waals surface area contributed by atoms with Crippen molar-refractivity contribution in [1.29, 1.82) is 0 Å². The van der Waals surface area contributed by atoms with Crippen LogP contribution in [0.15, 0.2) is 85.2 Å². The van der Waals surface area contributed by atoms with Crippen LogP contribution in [0.2, 0.25) is 0 Å². The first-order chi connectivity index (χ1) is 13.6. The molecule has 3 nitrogen and oxygen atoms in total. The minimum Gasteiger partial charge on any atom is -0.485 e. The van der Waals surface area contributed by atoms with Gasteiger partial charge in [0.15, 0.2) is 11.5 Å². The van der Waals surface area contributed by atoms with Gasteiger partial charge < -0.3 is 4.74 Å². The van der Waals surface area contributed by atoms with Crippen molar-refractivity contribution in [2.45, 2.75) is 25.9 Å². The first kappa shape index (κ1) is 18.4. The van der Waals surface area contributed by atoms with Gasteiger partial charge in [0.25, 0.3) is 0 Å². The van der Waals surface area contributed by atoms with Crippen LogP contribution in [0.5, 0.6) is 0 Å². The Morgan fingerprint density at radius 2 is 1.64 bits per heavy atom. The molecule has 2 aliphatic carbocycles. The van der Waals surface area contributed by atoms with Crippen molar-refractivity contribution in [2.75, 3.05) is 0 Å². The molecule has 0 unspecified atom stereocenters. The van der Waals surface area contributed by atoms with Gasteiger partial charge in [0.1, 0.15) is 6.61 Å². The number of ketones is 2. The van der Waals surface area contributed by atoms with E-state index in [0.717, 1.165) is 11.1 Å². The molecule has 2 aromatic carbocycles. The molecule has 3 heteroatoms. The normalized spacial score (nSPS) is 28.8. The third-order valence-corrected chi connectivity index (χ3v) is 6.29. The molecule has 2 aromatic rings. The molecule has 4 atom stereocenters. The van der Waals surface area contributed by atoms with Crippen LogP contribution in [0.25, 0.3) is 0 Å². The van der Waals surface area contributed by atoms with E-state index in [-0.39, 0.29) is 41.7 Å². The topological polar surface area (TPSA) is 43.4 Å². The lowest BCUT2D eigenvalue weighted by Gasteiger charge is -2.60. The molecule has 1 saturated carbocycles. The summed E-state index contributed by atoms with van der Waals surface area (Å²) < 4.78 is 5.78. The summed E-state index contributed by atoms with van der Waals surface area (Å²) in [5.74, 6) is -0.164. The van der Waals surface area contributed by atoms with Gasteiger partial charge in [-0.1, -0.05) is 73.7 Å². The van der Waals surface area contributed by atoms with E-state index < -0.39 is 5.41 Å². The highest BCUT2D eigenvalue weighted by molar-refractivity contribution is 6.13. The second-order valence-corrected chi connectivity index (χ2v) is 7.77. The number of hydrogen-bond donors (Lipinski definition) is 0. The Morgan fingerprint density at radius 3 is 2.29 bits per heavy atom. The number of Topliss-reactive ketones (excluding diaryl/α,β-unsaturated/α-hetero) is 1. The Labute approximate surface area is 165 Å². The molecule has 0 heterocycles. The van der Waals surface area contributed by atoms with Crippen LogP contribution in [0, 0.1) is 17.3 Å². The molecule has 2 aliphatic rings. The van der Waals surface area contributed by atoms with E-state index in [9.17, 15) is 9.59 Å². The summed E-state index contributed by atoms with van der Waals surface area (Å²) in [5.41, 5.74) is 1.34. The van der Waals surface area contributed by atoms with E-state index in [1.165, 1.54) is 6.08 Å². The van der Waals surface area contributed by atoms with Crippen LogP contribution in [0.1, 0.15) is 30.4 Å². The van der Waals surface area contributed by atoms with Gasteiger partial charge in [-0.05, 0) is 23.5 Å². The highest BCUT2D eigenvalue weighted by Crippen LogP contribution is 2.65. The smallest absolute Gasteiger partial charge is 0.201 e. The summed E-state index contributed by atoms with van der Waals surface area (Å²) in [5, 5.41) is 0. The zero-order chi connectivity index (χ0) is 19.7. The number of fused-ring (bicyclic) bond motifs is 1. The molecule has 0 bridgehead atoms. The molecule has 0 aliphatic heterocycles. The van der Waals surface area contributed by atoms with E-state index in [4.69, 9.17) is 4.74 Å². The monoisotopic (exact) mass is 372 g/mol. The Bertz CT molecular complexity index is 929. The van der Waals surface area contributed by atoms with Gasteiger partial charge in [-0.3, -0.25) is 9.59 Å². The van der Waals surface area contributed by atoms with Crippen molar-refractivity contribution in [1.82, 2.24) is 0 Å². The number of carbonyl (C=O) groups is 2. The quantitative estimate of drug-likeness (QED) is 0.681. The molecule has 0 radical (unpaired) electrons. The standard InChI is InChI=1S/C25H24O3/c1-3-14-25-21(26)15-20(28-16-18-10-6-4-7-11-18)24(27)23(25)17(2)22(25)19-12-8-5-9-13-19/h3-13,15,17,22-23H,1,14,16H2,2H3/t17-,22+,23+,25+/m1/s1. The first-order valence-corrected chi connectivity index (χ1v) is 9.72. The lowest BCUT2D eigenvalue weighted by molar-refractivity contribution is -0.161. The molecule has 0 saturated heterocycles. The SMILES string of the molecule is C=CC[C@@]12C(=O)C=C(OCc3ccccc3)C(=O)[C@@H]1[C@H](C)[C@H]2c1ccccc1. The lowest BCUT2D eigenvalue weighted by atomic mass is 9.40. The Balaban J connectivity index is 1.66. The van der Waals surface area contributed by atoms with Crippen LogP contribution in [0.3, 0.4) is 0 Å². The predicted molar refractivity (Wildman–Crippen MR) is 108 cm³/mol. The van der Waals surface area contributed by atoms with Gasteiger partial charge in [-0.2, -0.15) is 0 Å². The van der Waals surface area contributed by atoms with Crippen molar-refractivity contribution >= 4 is 11.6 Å². The molecule has 142 valence electrons. The van der Waals surface area contributed by atoms with Gasteiger partial charge in [0, 0.05) is 17.9 Å². The second kappa shape index (κ2) is 7.23. The molecular weight excluding hydrogens is 348 g/mol. The Kier molecular flexibility index (Phi) is 4.76. The zero-order valence-corrected chi connectivity index (χ0v) is 16.0. The highest BCUT2D eigenvalue weighted by atomic mass is 16.5. The summed E-state index contributed by atoms with van der Waals surface area (Å²) in [6.45, 7) is 6.21. The molecule has 4 rings (SSSR count). The fourth-order valence-corrected chi connectivity index (χ4v) is 5.17. The zero-order valence-electron chi connectivity index (χ0n) is 16.0. The van der Waals surface area contributed by atoms with E-state index in [1.54, 1.807) is 6.08 Å². The Hall–Kier alpha value is -2.94. The van der Waals surface area contributed by atoms with E-state index in [2.05, 4.69) is 13.5 Å². The van der Waals surface area contributed by atoms with Gasteiger partial charge in [-0.25, -0.2) is 0 Å². The largest absolute Gasteiger partial charge is 0.485 e. The maximum absolute atomic E-state index is 13.3. The summed E-state index contributed by atoms with van der Waals surface area (Å²) >= 11 is 0. The fraction of sp³-hybridized carbons (Fsp3) is 0.280. The van der Waals surface area contributed by atoms with Gasteiger partial charge in [-0.15, -0.1) is 6.58 Å². The van der Waals surface area contributed by atoms with Crippen molar-refractivity contribution in [3.63, 3.8) is 0 Å². The molecule has 0 aromatic heterocycles. The maximum Gasteiger partial charge on any atom is 0.201 e. The lowest BCUT2D eigenvalue weighted by Crippen LogP contribution is -2.63. The highest BCUT2D eigenvalue weighted by Gasteiger charge is 2.67. The van der Waals surface area contributed by atoms with Gasteiger partial charge in [0.05, 0.1) is 5.41 Å². The van der Waals surface area contributed by atoms with Crippen LogP contribution in [-0.2, 0) is 20.9 Å². The number of benzene rings is 2. The minimum absolute atomic E-state index is 0.0140. The van der Waals surface area contributed by atoms with Crippen molar-refractivity contribution in [2.24, 2.45) is 17.3 Å². The van der Waals surface area contributed by atoms with Gasteiger partial charge in [0.2, 0.25) is 5.78 Å². The average Bonchev–Trinajstić information content (AvgIpc) is 2.71. The third kappa shape index (κ3) is 2.73. The first-order valence-electron chi connectivity index (χ1n) is 9.72. The Morgan fingerprint density at radius 1 is 1.00 bits per heavy atom. The third-order valence-electron chi connectivity index (χ3n) is 6.29. The van der Waals surface area contributed by atoms with Crippen molar-refractivity contribution < 1.29 is 14.3 Å². The maximum atomic E-state index is 13.3. The van der Waals surface area contributed by atoms with E-state index >= 15 is 0 Å². The molecule has 0 amide bonds. The van der Waals surface area contributed by atoms with Crippen molar-refractivity contribution in [3.05, 3.63) is 96.3 Å².